The zero-order chi connectivity index (χ0) is 12.8. The molecule has 0 radical (unpaired) electrons. The van der Waals surface area contributed by atoms with Crippen LogP contribution in [-0.2, 0) is 5.54 Å². The van der Waals surface area contributed by atoms with Gasteiger partial charge in [-0.2, -0.15) is 0 Å². The standard InChI is InChI=1S/C14H20N4/c1-9-10(2)18-13-12(17-9)11(8-16-13)14(15)6-4-3-5-7-14/h8H,3-7,15H2,1-2H3,(H,16,18). The molecule has 0 atom stereocenters. The minimum Gasteiger partial charge on any atom is -0.344 e. The van der Waals surface area contributed by atoms with Crippen molar-refractivity contribution >= 4 is 11.2 Å². The highest BCUT2D eigenvalue weighted by Gasteiger charge is 2.32. The topological polar surface area (TPSA) is 67.6 Å². The highest BCUT2D eigenvalue weighted by Crippen LogP contribution is 2.37. The Labute approximate surface area is 107 Å². The molecule has 96 valence electrons. The van der Waals surface area contributed by atoms with Crippen molar-refractivity contribution in [1.29, 1.82) is 0 Å². The Balaban J connectivity index is 2.14. The molecule has 0 saturated heterocycles. The van der Waals surface area contributed by atoms with E-state index in [4.69, 9.17) is 5.73 Å². The summed E-state index contributed by atoms with van der Waals surface area (Å²) in [5.41, 5.74) is 11.3. The molecular formula is C14H20N4. The molecule has 18 heavy (non-hydrogen) atoms. The van der Waals surface area contributed by atoms with Crippen molar-refractivity contribution < 1.29 is 0 Å². The lowest BCUT2D eigenvalue weighted by molar-refractivity contribution is 0.304. The molecule has 2 heterocycles. The van der Waals surface area contributed by atoms with Gasteiger partial charge in [-0.25, -0.2) is 9.97 Å². The first-order chi connectivity index (χ1) is 8.60. The van der Waals surface area contributed by atoms with Gasteiger partial charge in [0.2, 0.25) is 0 Å². The molecule has 0 amide bonds. The van der Waals surface area contributed by atoms with E-state index in [0.29, 0.717) is 0 Å². The summed E-state index contributed by atoms with van der Waals surface area (Å²) in [5, 5.41) is 0. The van der Waals surface area contributed by atoms with Gasteiger partial charge >= 0.3 is 0 Å². The Hall–Kier alpha value is -1.42. The first kappa shape index (κ1) is 11.7. The van der Waals surface area contributed by atoms with Crippen LogP contribution in [0.3, 0.4) is 0 Å². The predicted molar refractivity (Wildman–Crippen MR) is 72.3 cm³/mol. The number of nitrogens with one attached hydrogen (secondary N) is 1. The second-order valence-corrected chi connectivity index (χ2v) is 5.51. The van der Waals surface area contributed by atoms with Crippen molar-refractivity contribution in [2.45, 2.75) is 51.5 Å². The summed E-state index contributed by atoms with van der Waals surface area (Å²) < 4.78 is 0. The molecule has 4 heteroatoms. The number of rotatable bonds is 1. The number of aromatic nitrogens is 3. The third-order valence-corrected chi connectivity index (χ3v) is 4.20. The predicted octanol–water partition coefficient (Wildman–Crippen LogP) is 2.69. The van der Waals surface area contributed by atoms with Crippen LogP contribution in [0.15, 0.2) is 6.20 Å². The molecule has 3 rings (SSSR count). The van der Waals surface area contributed by atoms with E-state index in [0.717, 1.165) is 41.0 Å². The van der Waals surface area contributed by atoms with E-state index in [2.05, 4.69) is 15.0 Å². The molecule has 1 fully saturated rings. The van der Waals surface area contributed by atoms with Gasteiger partial charge in [0.1, 0.15) is 5.52 Å². The smallest absolute Gasteiger partial charge is 0.156 e. The summed E-state index contributed by atoms with van der Waals surface area (Å²) in [6.45, 7) is 3.99. The lowest BCUT2D eigenvalue weighted by atomic mass is 9.78. The summed E-state index contributed by atoms with van der Waals surface area (Å²) in [6.07, 6.45) is 7.83. The first-order valence-corrected chi connectivity index (χ1v) is 6.72. The van der Waals surface area contributed by atoms with Crippen LogP contribution in [-0.4, -0.2) is 15.0 Å². The zero-order valence-corrected chi connectivity index (χ0v) is 11.1. The fraction of sp³-hybridized carbons (Fsp3) is 0.571. The van der Waals surface area contributed by atoms with Crippen LogP contribution in [0.2, 0.25) is 0 Å². The van der Waals surface area contributed by atoms with Crippen molar-refractivity contribution in [3.8, 4) is 0 Å². The number of fused-ring (bicyclic) bond motifs is 1. The highest BCUT2D eigenvalue weighted by atomic mass is 14.9. The average molecular weight is 244 g/mol. The Morgan fingerprint density at radius 1 is 1.11 bits per heavy atom. The Kier molecular flexibility index (Phi) is 2.63. The summed E-state index contributed by atoms with van der Waals surface area (Å²) in [4.78, 5) is 12.5. The lowest BCUT2D eigenvalue weighted by Gasteiger charge is -2.33. The number of hydrogen-bond donors (Lipinski definition) is 2. The highest BCUT2D eigenvalue weighted by molar-refractivity contribution is 5.76. The monoisotopic (exact) mass is 244 g/mol. The van der Waals surface area contributed by atoms with Gasteiger partial charge in [0, 0.05) is 17.3 Å². The fourth-order valence-electron chi connectivity index (χ4n) is 2.93. The molecule has 0 bridgehead atoms. The van der Waals surface area contributed by atoms with E-state index in [-0.39, 0.29) is 5.54 Å². The largest absolute Gasteiger partial charge is 0.344 e. The Morgan fingerprint density at radius 2 is 1.78 bits per heavy atom. The van der Waals surface area contributed by atoms with Gasteiger partial charge in [-0.1, -0.05) is 19.3 Å². The maximum absolute atomic E-state index is 6.59. The molecule has 1 aliphatic rings. The van der Waals surface area contributed by atoms with Gasteiger partial charge in [-0.05, 0) is 26.7 Å². The van der Waals surface area contributed by atoms with Crippen LogP contribution in [0.5, 0.6) is 0 Å². The fourth-order valence-corrected chi connectivity index (χ4v) is 2.93. The van der Waals surface area contributed by atoms with Gasteiger partial charge in [-0.15, -0.1) is 0 Å². The normalized spacial score (nSPS) is 19.3. The maximum Gasteiger partial charge on any atom is 0.156 e. The molecule has 0 unspecified atom stereocenters. The Morgan fingerprint density at radius 3 is 2.50 bits per heavy atom. The third kappa shape index (κ3) is 1.72. The summed E-state index contributed by atoms with van der Waals surface area (Å²) >= 11 is 0. The molecule has 0 aliphatic heterocycles. The van der Waals surface area contributed by atoms with E-state index >= 15 is 0 Å². The van der Waals surface area contributed by atoms with Crippen LogP contribution >= 0.6 is 0 Å². The van der Waals surface area contributed by atoms with Gasteiger partial charge in [-0.3, -0.25) is 0 Å². The van der Waals surface area contributed by atoms with Crippen LogP contribution in [0.1, 0.15) is 49.1 Å². The first-order valence-electron chi connectivity index (χ1n) is 6.72. The maximum atomic E-state index is 6.59. The van der Waals surface area contributed by atoms with E-state index < -0.39 is 0 Å². The van der Waals surface area contributed by atoms with E-state index in [1.807, 2.05) is 20.0 Å². The second-order valence-electron chi connectivity index (χ2n) is 5.51. The van der Waals surface area contributed by atoms with Crippen LogP contribution in [0, 0.1) is 13.8 Å². The molecule has 0 spiro atoms. The number of hydrogen-bond acceptors (Lipinski definition) is 3. The SMILES string of the molecule is Cc1nc2[nH]cc(C3(N)CCCCC3)c2nc1C. The summed E-state index contributed by atoms with van der Waals surface area (Å²) in [5.74, 6) is 0. The van der Waals surface area contributed by atoms with Gasteiger partial charge < -0.3 is 10.7 Å². The minimum atomic E-state index is -0.215. The molecule has 1 aliphatic carbocycles. The molecule has 0 aromatic carbocycles. The van der Waals surface area contributed by atoms with Crippen molar-refractivity contribution in [3.05, 3.63) is 23.1 Å². The number of nitrogens with zero attached hydrogens (tertiary/aromatic N) is 2. The third-order valence-electron chi connectivity index (χ3n) is 4.20. The van der Waals surface area contributed by atoms with Crippen molar-refractivity contribution in [1.82, 2.24) is 15.0 Å². The molecule has 2 aromatic heterocycles. The summed E-state index contributed by atoms with van der Waals surface area (Å²) in [7, 11) is 0. The summed E-state index contributed by atoms with van der Waals surface area (Å²) in [6, 6.07) is 0. The van der Waals surface area contributed by atoms with Crippen molar-refractivity contribution in [3.63, 3.8) is 0 Å². The Bertz CT molecular complexity index is 579. The number of nitrogens with two attached hydrogens (primary N) is 1. The number of aryl methyl sites for hydroxylation is 2. The number of aromatic amines is 1. The van der Waals surface area contributed by atoms with Crippen LogP contribution in [0.25, 0.3) is 11.2 Å². The van der Waals surface area contributed by atoms with Crippen LogP contribution in [0.4, 0.5) is 0 Å². The minimum absolute atomic E-state index is 0.215. The quantitative estimate of drug-likeness (QED) is 0.810. The molecule has 3 N–H and O–H groups in total. The molecular weight excluding hydrogens is 224 g/mol. The molecule has 1 saturated carbocycles. The average Bonchev–Trinajstić information content (AvgIpc) is 2.74. The zero-order valence-electron chi connectivity index (χ0n) is 11.1. The lowest BCUT2D eigenvalue weighted by Crippen LogP contribution is -2.38. The van der Waals surface area contributed by atoms with Gasteiger partial charge in [0.15, 0.2) is 5.65 Å². The van der Waals surface area contributed by atoms with E-state index in [1.165, 1.54) is 19.3 Å². The van der Waals surface area contributed by atoms with E-state index in [1.54, 1.807) is 0 Å². The van der Waals surface area contributed by atoms with Crippen molar-refractivity contribution in [2.75, 3.05) is 0 Å². The van der Waals surface area contributed by atoms with Crippen LogP contribution < -0.4 is 5.73 Å². The van der Waals surface area contributed by atoms with Gasteiger partial charge in [0.25, 0.3) is 0 Å². The molecule has 2 aromatic rings. The number of H-pyrrole nitrogens is 1. The van der Waals surface area contributed by atoms with Gasteiger partial charge in [0.05, 0.1) is 11.4 Å². The molecule has 4 nitrogen and oxygen atoms in total. The van der Waals surface area contributed by atoms with E-state index in [9.17, 15) is 0 Å². The second kappa shape index (κ2) is 4.05. The van der Waals surface area contributed by atoms with Crippen molar-refractivity contribution in [2.24, 2.45) is 5.73 Å².